The van der Waals surface area contributed by atoms with Gasteiger partial charge in [-0.05, 0) is 34.7 Å². The normalized spacial score (nSPS) is 12.6. The van der Waals surface area contributed by atoms with Gasteiger partial charge in [0.15, 0.2) is 0 Å². The molecule has 0 spiro atoms. The molecule has 0 amide bonds. The number of fused-ring (bicyclic) bond motifs is 2. The number of primary sulfonamides is 1. The first-order valence-electron chi connectivity index (χ1n) is 5.26. The standard InChI is InChI=1S/C13H11NO2S/c1-8-7-9-5-6-10(8)13-11(9)3-2-4-12(13)17(14,15)16/h2-7H,1H3,(H2,14,15,16). The van der Waals surface area contributed by atoms with Gasteiger partial charge >= 0.3 is 0 Å². The highest BCUT2D eigenvalue weighted by Gasteiger charge is 2.16. The molecular formula is C13H11NO2S. The lowest BCUT2D eigenvalue weighted by molar-refractivity contribution is 0.598. The van der Waals surface area contributed by atoms with Crippen LogP contribution >= 0.6 is 0 Å². The second kappa shape index (κ2) is 3.18. The minimum absolute atomic E-state index is 0.208. The van der Waals surface area contributed by atoms with Crippen molar-refractivity contribution in [2.45, 2.75) is 11.8 Å². The Morgan fingerprint density at radius 1 is 1.06 bits per heavy atom. The van der Waals surface area contributed by atoms with Gasteiger partial charge in [-0.3, -0.25) is 0 Å². The van der Waals surface area contributed by atoms with Crippen molar-refractivity contribution < 1.29 is 8.42 Å². The Balaban J connectivity index is 2.66. The lowest BCUT2D eigenvalue weighted by atomic mass is 9.95. The lowest BCUT2D eigenvalue weighted by Gasteiger charge is -2.12. The molecule has 0 atom stereocenters. The molecule has 0 aliphatic heterocycles. The molecule has 0 aliphatic carbocycles. The Bertz CT molecular complexity index is 822. The van der Waals surface area contributed by atoms with Gasteiger partial charge in [-0.25, -0.2) is 13.6 Å². The molecule has 0 radical (unpaired) electrons. The summed E-state index contributed by atoms with van der Waals surface area (Å²) in [5.74, 6) is 0. The Hall–Kier alpha value is -1.65. The smallest absolute Gasteiger partial charge is 0.225 e. The third-order valence-electron chi connectivity index (χ3n) is 3.14. The molecule has 0 saturated heterocycles. The van der Waals surface area contributed by atoms with E-state index in [0.717, 1.165) is 27.1 Å². The van der Waals surface area contributed by atoms with Crippen LogP contribution in [0.5, 0.6) is 0 Å². The summed E-state index contributed by atoms with van der Waals surface area (Å²) >= 11 is 0. The van der Waals surface area contributed by atoms with E-state index in [1.165, 1.54) is 0 Å². The van der Waals surface area contributed by atoms with Crippen molar-refractivity contribution in [3.63, 3.8) is 0 Å². The molecular weight excluding hydrogens is 234 g/mol. The molecule has 0 fully saturated rings. The fraction of sp³-hybridized carbons (Fsp3) is 0.0769. The quantitative estimate of drug-likeness (QED) is 0.715. The maximum atomic E-state index is 11.6. The lowest BCUT2D eigenvalue weighted by Crippen LogP contribution is -2.12. The van der Waals surface area contributed by atoms with Crippen molar-refractivity contribution >= 4 is 31.6 Å². The number of rotatable bonds is 1. The molecule has 0 saturated carbocycles. The molecule has 3 nitrogen and oxygen atoms in total. The summed E-state index contributed by atoms with van der Waals surface area (Å²) in [7, 11) is -3.69. The number of aryl methyl sites for hydroxylation is 1. The van der Waals surface area contributed by atoms with E-state index in [2.05, 4.69) is 6.07 Å². The highest BCUT2D eigenvalue weighted by molar-refractivity contribution is 7.89. The molecule has 17 heavy (non-hydrogen) atoms. The number of hydrogen-bond donors (Lipinski definition) is 1. The van der Waals surface area contributed by atoms with E-state index in [1.807, 2.05) is 25.1 Å². The number of hydrogen-bond acceptors (Lipinski definition) is 2. The Labute approximate surface area is 99.2 Å². The number of sulfonamides is 1. The van der Waals surface area contributed by atoms with Crippen molar-refractivity contribution in [2.24, 2.45) is 5.14 Å². The van der Waals surface area contributed by atoms with Gasteiger partial charge in [-0.1, -0.05) is 30.3 Å². The van der Waals surface area contributed by atoms with Gasteiger partial charge in [0.25, 0.3) is 0 Å². The van der Waals surface area contributed by atoms with Crippen molar-refractivity contribution in [1.82, 2.24) is 0 Å². The van der Waals surface area contributed by atoms with Gasteiger partial charge in [0.1, 0.15) is 0 Å². The zero-order valence-corrected chi connectivity index (χ0v) is 10.1. The van der Waals surface area contributed by atoms with E-state index in [0.29, 0.717) is 0 Å². The zero-order valence-electron chi connectivity index (χ0n) is 9.27. The summed E-state index contributed by atoms with van der Waals surface area (Å²) in [6, 6.07) is 11.2. The monoisotopic (exact) mass is 245 g/mol. The van der Waals surface area contributed by atoms with Crippen LogP contribution in [-0.4, -0.2) is 8.42 Å². The fourth-order valence-corrected chi connectivity index (χ4v) is 3.17. The zero-order chi connectivity index (χ0) is 12.2. The van der Waals surface area contributed by atoms with Gasteiger partial charge in [0.05, 0.1) is 4.90 Å². The van der Waals surface area contributed by atoms with E-state index < -0.39 is 10.0 Å². The van der Waals surface area contributed by atoms with Crippen molar-refractivity contribution in [2.75, 3.05) is 0 Å². The molecule has 0 unspecified atom stereocenters. The molecule has 86 valence electrons. The minimum Gasteiger partial charge on any atom is -0.225 e. The van der Waals surface area contributed by atoms with Crippen LogP contribution in [-0.2, 0) is 10.0 Å². The van der Waals surface area contributed by atoms with Gasteiger partial charge in [-0.15, -0.1) is 0 Å². The number of benzene rings is 4. The summed E-state index contributed by atoms with van der Waals surface area (Å²) < 4.78 is 23.2. The highest BCUT2D eigenvalue weighted by atomic mass is 32.2. The Kier molecular flexibility index (Phi) is 1.97. The van der Waals surface area contributed by atoms with Gasteiger partial charge < -0.3 is 0 Å². The third kappa shape index (κ3) is 1.41. The topological polar surface area (TPSA) is 60.2 Å². The summed E-state index contributed by atoms with van der Waals surface area (Å²) in [5, 5.41) is 8.94. The van der Waals surface area contributed by atoms with Crippen LogP contribution in [0.2, 0.25) is 0 Å². The van der Waals surface area contributed by atoms with Crippen LogP contribution in [0.25, 0.3) is 21.5 Å². The molecule has 2 N–H and O–H groups in total. The van der Waals surface area contributed by atoms with Crippen LogP contribution in [0, 0.1) is 6.92 Å². The molecule has 0 aliphatic rings. The van der Waals surface area contributed by atoms with Crippen LogP contribution in [0.1, 0.15) is 5.56 Å². The third-order valence-corrected chi connectivity index (χ3v) is 4.09. The van der Waals surface area contributed by atoms with Crippen LogP contribution in [0.3, 0.4) is 0 Å². The molecule has 2 bridgehead atoms. The van der Waals surface area contributed by atoms with Gasteiger partial charge in [0.2, 0.25) is 10.0 Å². The first-order chi connectivity index (χ1) is 7.98. The van der Waals surface area contributed by atoms with Crippen LogP contribution in [0.15, 0.2) is 41.3 Å². The predicted octanol–water partition coefficient (Wildman–Crippen LogP) is 2.39. The Morgan fingerprint density at radius 2 is 1.82 bits per heavy atom. The largest absolute Gasteiger partial charge is 0.238 e. The van der Waals surface area contributed by atoms with Gasteiger partial charge in [-0.2, -0.15) is 0 Å². The predicted molar refractivity (Wildman–Crippen MR) is 68.8 cm³/mol. The minimum atomic E-state index is -3.69. The van der Waals surface area contributed by atoms with E-state index >= 15 is 0 Å². The molecule has 4 aromatic carbocycles. The average Bonchev–Trinajstić information content (AvgIpc) is 2.28. The van der Waals surface area contributed by atoms with Crippen molar-refractivity contribution in [3.05, 3.63) is 42.0 Å². The van der Waals surface area contributed by atoms with E-state index in [4.69, 9.17) is 5.14 Å². The van der Waals surface area contributed by atoms with E-state index in [1.54, 1.807) is 12.1 Å². The number of nitrogens with two attached hydrogens (primary N) is 1. The summed E-state index contributed by atoms with van der Waals surface area (Å²) in [6.45, 7) is 1.97. The average molecular weight is 245 g/mol. The maximum absolute atomic E-state index is 11.6. The summed E-state index contributed by atoms with van der Waals surface area (Å²) in [5.41, 5.74) is 1.08. The van der Waals surface area contributed by atoms with E-state index in [9.17, 15) is 8.42 Å². The second-order valence-electron chi connectivity index (χ2n) is 4.25. The molecule has 0 heterocycles. The highest BCUT2D eigenvalue weighted by Crippen LogP contribution is 2.34. The van der Waals surface area contributed by atoms with Crippen LogP contribution < -0.4 is 5.14 Å². The maximum Gasteiger partial charge on any atom is 0.238 e. The van der Waals surface area contributed by atoms with Crippen molar-refractivity contribution in [3.8, 4) is 0 Å². The van der Waals surface area contributed by atoms with Crippen molar-refractivity contribution in [1.29, 1.82) is 0 Å². The van der Waals surface area contributed by atoms with Crippen LogP contribution in [0.4, 0.5) is 0 Å². The summed E-state index contributed by atoms with van der Waals surface area (Å²) in [4.78, 5) is 0.208. The molecule has 0 aromatic heterocycles. The van der Waals surface area contributed by atoms with E-state index in [-0.39, 0.29) is 4.90 Å². The first kappa shape index (κ1) is 10.5. The molecule has 4 rings (SSSR count). The molecule has 4 heteroatoms. The van der Waals surface area contributed by atoms with Gasteiger partial charge in [0, 0.05) is 5.39 Å². The SMILES string of the molecule is Cc1cc2ccc1c1c(S(N)(=O)=O)cccc21. The summed E-state index contributed by atoms with van der Waals surface area (Å²) in [6.07, 6.45) is 0. The first-order valence-corrected chi connectivity index (χ1v) is 6.80. The second-order valence-corrected chi connectivity index (χ2v) is 5.78. The fourth-order valence-electron chi connectivity index (χ4n) is 2.40. The Morgan fingerprint density at radius 3 is 2.47 bits per heavy atom. The molecule has 4 aromatic rings.